The fourth-order valence-corrected chi connectivity index (χ4v) is 2.73. The van der Waals surface area contributed by atoms with Gasteiger partial charge in [-0.15, -0.1) is 21.5 Å². The second-order valence-corrected chi connectivity index (χ2v) is 5.24. The van der Waals surface area contributed by atoms with Crippen LogP contribution in [-0.2, 0) is 13.1 Å². The molecule has 0 unspecified atom stereocenters. The Hall–Kier alpha value is -0.790. The zero-order valence-corrected chi connectivity index (χ0v) is 10.5. The van der Waals surface area contributed by atoms with E-state index in [1.54, 1.807) is 11.3 Å². The largest absolute Gasteiger partial charge is 0.305 e. The van der Waals surface area contributed by atoms with E-state index in [1.165, 1.54) is 14.2 Å². The van der Waals surface area contributed by atoms with Gasteiger partial charge < -0.3 is 5.32 Å². The lowest BCUT2D eigenvalue weighted by Gasteiger charge is -1.97. The van der Waals surface area contributed by atoms with E-state index < -0.39 is 0 Å². The molecule has 0 radical (unpaired) electrons. The number of aryl methyl sites for hydroxylation is 1. The SMILES string of the molecule is Cc1sc(CNCc2nn[nH]n2)cc1Br. The Morgan fingerprint density at radius 1 is 1.53 bits per heavy atom. The van der Waals surface area contributed by atoms with Gasteiger partial charge in [-0.1, -0.05) is 5.21 Å². The third-order valence-corrected chi connectivity index (χ3v) is 4.02. The molecule has 0 spiro atoms. The lowest BCUT2D eigenvalue weighted by molar-refractivity contribution is 0.669. The molecule has 80 valence electrons. The average molecular weight is 288 g/mol. The predicted molar refractivity (Wildman–Crippen MR) is 61.5 cm³/mol. The van der Waals surface area contributed by atoms with Crippen LogP contribution in [0.4, 0.5) is 0 Å². The lowest BCUT2D eigenvalue weighted by Crippen LogP contribution is -2.12. The molecule has 0 atom stereocenters. The van der Waals surface area contributed by atoms with Crippen molar-refractivity contribution in [2.24, 2.45) is 0 Å². The standard InChI is InChI=1S/C8H10BrN5S/c1-5-7(9)2-6(15-5)3-10-4-8-11-13-14-12-8/h2,10H,3-4H2,1H3,(H,11,12,13,14). The van der Waals surface area contributed by atoms with Crippen molar-refractivity contribution in [2.75, 3.05) is 0 Å². The van der Waals surface area contributed by atoms with Crippen molar-refractivity contribution in [3.63, 3.8) is 0 Å². The number of rotatable bonds is 4. The molecule has 2 heterocycles. The third kappa shape index (κ3) is 2.83. The van der Waals surface area contributed by atoms with Gasteiger partial charge in [0.25, 0.3) is 0 Å². The molecule has 0 saturated carbocycles. The summed E-state index contributed by atoms with van der Waals surface area (Å²) in [5.41, 5.74) is 0. The van der Waals surface area contributed by atoms with Gasteiger partial charge in [0.15, 0.2) is 5.82 Å². The quantitative estimate of drug-likeness (QED) is 0.897. The average Bonchev–Trinajstić information content (AvgIpc) is 2.79. The molecule has 0 aliphatic rings. The highest BCUT2D eigenvalue weighted by Crippen LogP contribution is 2.25. The minimum atomic E-state index is 0.630. The van der Waals surface area contributed by atoms with Gasteiger partial charge in [0, 0.05) is 20.8 Å². The number of halogens is 1. The van der Waals surface area contributed by atoms with E-state index in [-0.39, 0.29) is 0 Å². The van der Waals surface area contributed by atoms with Crippen molar-refractivity contribution >= 4 is 27.3 Å². The first kappa shape index (κ1) is 10.7. The number of aromatic amines is 1. The van der Waals surface area contributed by atoms with Crippen molar-refractivity contribution in [2.45, 2.75) is 20.0 Å². The van der Waals surface area contributed by atoms with Crippen molar-refractivity contribution in [3.8, 4) is 0 Å². The summed E-state index contributed by atoms with van der Waals surface area (Å²) in [6.07, 6.45) is 0. The van der Waals surface area contributed by atoms with Gasteiger partial charge in [-0.05, 0) is 28.9 Å². The number of thiophene rings is 1. The monoisotopic (exact) mass is 287 g/mol. The number of aromatic nitrogens is 4. The summed E-state index contributed by atoms with van der Waals surface area (Å²) in [6.45, 7) is 3.55. The summed E-state index contributed by atoms with van der Waals surface area (Å²) in [7, 11) is 0. The Labute approximate surface area is 99.4 Å². The van der Waals surface area contributed by atoms with Crippen LogP contribution in [0.3, 0.4) is 0 Å². The first-order chi connectivity index (χ1) is 7.25. The first-order valence-electron chi connectivity index (χ1n) is 4.43. The molecule has 2 aromatic heterocycles. The van der Waals surface area contributed by atoms with E-state index >= 15 is 0 Å². The van der Waals surface area contributed by atoms with E-state index in [0.717, 1.165) is 6.54 Å². The molecule has 15 heavy (non-hydrogen) atoms. The van der Waals surface area contributed by atoms with Crippen LogP contribution in [0.1, 0.15) is 15.6 Å². The molecule has 2 aromatic rings. The molecule has 0 amide bonds. The van der Waals surface area contributed by atoms with E-state index in [4.69, 9.17) is 0 Å². The summed E-state index contributed by atoms with van der Waals surface area (Å²) in [4.78, 5) is 2.59. The summed E-state index contributed by atoms with van der Waals surface area (Å²) in [6, 6.07) is 2.13. The summed E-state index contributed by atoms with van der Waals surface area (Å²) in [5.74, 6) is 0.683. The number of nitrogens with one attached hydrogen (secondary N) is 2. The zero-order valence-electron chi connectivity index (χ0n) is 8.12. The van der Waals surface area contributed by atoms with Crippen molar-refractivity contribution < 1.29 is 0 Å². The minimum absolute atomic E-state index is 0.630. The van der Waals surface area contributed by atoms with Crippen LogP contribution < -0.4 is 5.32 Å². The highest BCUT2D eigenvalue weighted by atomic mass is 79.9. The van der Waals surface area contributed by atoms with Gasteiger partial charge in [0.05, 0.1) is 6.54 Å². The Morgan fingerprint density at radius 3 is 3.00 bits per heavy atom. The molecular weight excluding hydrogens is 278 g/mol. The molecule has 2 N–H and O–H groups in total. The second-order valence-electron chi connectivity index (χ2n) is 3.05. The fourth-order valence-electron chi connectivity index (χ4n) is 1.16. The number of tetrazole rings is 1. The summed E-state index contributed by atoms with van der Waals surface area (Å²) >= 11 is 5.27. The maximum atomic E-state index is 3.85. The minimum Gasteiger partial charge on any atom is -0.305 e. The first-order valence-corrected chi connectivity index (χ1v) is 6.04. The number of hydrogen-bond donors (Lipinski definition) is 2. The predicted octanol–water partition coefficient (Wildman–Crippen LogP) is 1.62. The van der Waals surface area contributed by atoms with Crippen LogP contribution in [0, 0.1) is 6.92 Å². The van der Waals surface area contributed by atoms with E-state index in [1.807, 2.05) is 0 Å². The Morgan fingerprint density at radius 2 is 2.40 bits per heavy atom. The van der Waals surface area contributed by atoms with E-state index in [0.29, 0.717) is 12.4 Å². The molecule has 2 rings (SSSR count). The van der Waals surface area contributed by atoms with Crippen LogP contribution in [0.15, 0.2) is 10.5 Å². The molecule has 0 bridgehead atoms. The molecule has 7 heteroatoms. The zero-order chi connectivity index (χ0) is 10.7. The normalized spacial score (nSPS) is 10.8. The molecule has 0 aliphatic carbocycles. The molecule has 0 saturated heterocycles. The highest BCUT2D eigenvalue weighted by molar-refractivity contribution is 9.10. The molecule has 0 aliphatic heterocycles. The maximum Gasteiger partial charge on any atom is 0.188 e. The van der Waals surface area contributed by atoms with Crippen molar-refractivity contribution in [1.82, 2.24) is 25.9 Å². The lowest BCUT2D eigenvalue weighted by atomic mass is 10.4. The van der Waals surface area contributed by atoms with Crippen molar-refractivity contribution in [1.29, 1.82) is 0 Å². The number of H-pyrrole nitrogens is 1. The summed E-state index contributed by atoms with van der Waals surface area (Å²) in [5, 5.41) is 16.9. The van der Waals surface area contributed by atoms with Crippen LogP contribution >= 0.6 is 27.3 Å². The Bertz CT molecular complexity index is 405. The van der Waals surface area contributed by atoms with Crippen molar-refractivity contribution in [3.05, 3.63) is 26.1 Å². The van der Waals surface area contributed by atoms with Gasteiger partial charge >= 0.3 is 0 Å². The maximum absolute atomic E-state index is 3.85. The topological polar surface area (TPSA) is 66.5 Å². The molecule has 0 fully saturated rings. The van der Waals surface area contributed by atoms with Gasteiger partial charge in [0.1, 0.15) is 0 Å². The van der Waals surface area contributed by atoms with Crippen LogP contribution in [0.2, 0.25) is 0 Å². The third-order valence-electron chi connectivity index (χ3n) is 1.88. The Balaban J connectivity index is 1.83. The Kier molecular flexibility index (Phi) is 3.45. The highest BCUT2D eigenvalue weighted by Gasteiger charge is 2.03. The van der Waals surface area contributed by atoms with Crippen LogP contribution in [-0.4, -0.2) is 20.6 Å². The molecule has 5 nitrogen and oxygen atoms in total. The smallest absolute Gasteiger partial charge is 0.188 e. The van der Waals surface area contributed by atoms with Gasteiger partial charge in [0.2, 0.25) is 0 Å². The van der Waals surface area contributed by atoms with E-state index in [9.17, 15) is 0 Å². The summed E-state index contributed by atoms with van der Waals surface area (Å²) < 4.78 is 1.17. The van der Waals surface area contributed by atoms with E-state index in [2.05, 4.69) is 54.9 Å². The van der Waals surface area contributed by atoms with Gasteiger partial charge in [-0.3, -0.25) is 0 Å². The van der Waals surface area contributed by atoms with Crippen LogP contribution in [0.5, 0.6) is 0 Å². The molecule has 0 aromatic carbocycles. The number of hydrogen-bond acceptors (Lipinski definition) is 5. The number of nitrogens with zero attached hydrogens (tertiary/aromatic N) is 3. The second kappa shape index (κ2) is 4.82. The molecular formula is C8H10BrN5S. The fraction of sp³-hybridized carbons (Fsp3) is 0.375. The van der Waals surface area contributed by atoms with Gasteiger partial charge in [-0.25, -0.2) is 0 Å². The van der Waals surface area contributed by atoms with Gasteiger partial charge in [-0.2, -0.15) is 5.21 Å². The van der Waals surface area contributed by atoms with Crippen LogP contribution in [0.25, 0.3) is 0 Å².